The third-order valence-electron chi connectivity index (χ3n) is 4.58. The highest BCUT2D eigenvalue weighted by molar-refractivity contribution is 6.31. The second kappa shape index (κ2) is 10.9. The molecule has 0 N–H and O–H groups in total. The van der Waals surface area contributed by atoms with Gasteiger partial charge in [-0.15, -0.1) is 0 Å². The first-order chi connectivity index (χ1) is 15.4. The van der Waals surface area contributed by atoms with E-state index in [1.54, 1.807) is 48.5 Å². The van der Waals surface area contributed by atoms with Crippen LogP contribution < -0.4 is 9.47 Å². The number of halogens is 2. The first-order valence-corrected chi connectivity index (χ1v) is 10.3. The topological polar surface area (TPSA) is 71.1 Å². The lowest BCUT2D eigenvalue weighted by atomic mass is 10.1. The zero-order valence-electron chi connectivity index (χ0n) is 17.4. The monoisotopic (exact) mass is 474 g/mol. The molecule has 0 amide bonds. The quantitative estimate of drug-likeness (QED) is 0.388. The van der Waals surface area contributed by atoms with Gasteiger partial charge in [0, 0.05) is 21.2 Å². The molecule has 0 spiro atoms. The normalized spacial score (nSPS) is 10.4. The Morgan fingerprint density at radius 2 is 1.09 bits per heavy atom. The van der Waals surface area contributed by atoms with Gasteiger partial charge in [-0.2, -0.15) is 0 Å². The molecule has 0 radical (unpaired) electrons. The molecule has 3 aromatic rings. The predicted octanol–water partition coefficient (Wildman–Crippen LogP) is 5.72. The second-order valence-electron chi connectivity index (χ2n) is 6.61. The number of carbonyl (C=O) groups excluding carboxylic acids is 2. The van der Waals surface area contributed by atoms with E-state index in [-0.39, 0.29) is 24.3 Å². The van der Waals surface area contributed by atoms with Gasteiger partial charge in [-0.3, -0.25) is 0 Å². The molecular weight excluding hydrogens is 455 g/mol. The molecule has 0 saturated heterocycles. The Morgan fingerprint density at radius 1 is 0.688 bits per heavy atom. The Labute approximate surface area is 195 Å². The number of hydrogen-bond acceptors (Lipinski definition) is 6. The molecule has 0 aliphatic rings. The number of carbonyl (C=O) groups is 2. The molecule has 0 atom stereocenters. The molecule has 0 aromatic heterocycles. The third-order valence-corrected chi connectivity index (χ3v) is 5.05. The molecule has 0 bridgehead atoms. The van der Waals surface area contributed by atoms with E-state index in [4.69, 9.17) is 42.1 Å². The summed E-state index contributed by atoms with van der Waals surface area (Å²) in [7, 11) is 3.00. The minimum Gasteiger partial charge on any atom is -0.496 e. The molecular formula is C24H20Cl2O6. The van der Waals surface area contributed by atoms with Crippen LogP contribution in [0.15, 0.2) is 60.7 Å². The molecule has 8 heteroatoms. The third kappa shape index (κ3) is 5.72. The van der Waals surface area contributed by atoms with Crippen molar-refractivity contribution >= 4 is 35.1 Å². The summed E-state index contributed by atoms with van der Waals surface area (Å²) >= 11 is 11.9. The van der Waals surface area contributed by atoms with Crippen molar-refractivity contribution < 1.29 is 28.5 Å². The molecule has 0 saturated carbocycles. The van der Waals surface area contributed by atoms with Gasteiger partial charge in [-0.1, -0.05) is 47.5 Å². The molecule has 6 nitrogen and oxygen atoms in total. The largest absolute Gasteiger partial charge is 0.496 e. The average Bonchev–Trinajstić information content (AvgIpc) is 2.81. The van der Waals surface area contributed by atoms with E-state index < -0.39 is 11.9 Å². The molecule has 32 heavy (non-hydrogen) atoms. The number of esters is 2. The molecule has 166 valence electrons. The summed E-state index contributed by atoms with van der Waals surface area (Å²) in [4.78, 5) is 25.4. The van der Waals surface area contributed by atoms with E-state index in [1.807, 2.05) is 0 Å². The molecule has 0 unspecified atom stereocenters. The fourth-order valence-electron chi connectivity index (χ4n) is 2.96. The lowest BCUT2D eigenvalue weighted by molar-refractivity contribution is 0.0422. The summed E-state index contributed by atoms with van der Waals surface area (Å²) in [6, 6.07) is 16.3. The van der Waals surface area contributed by atoms with Crippen molar-refractivity contribution in [3.63, 3.8) is 0 Å². The van der Waals surface area contributed by atoms with Gasteiger partial charge >= 0.3 is 11.9 Å². The number of ether oxygens (including phenoxy) is 4. The molecule has 0 aliphatic heterocycles. The SMILES string of the molecule is COc1cc(Cl)ccc1COC(=O)c1ccccc1C(=O)OCc1ccc(Cl)cc1OC. The lowest BCUT2D eigenvalue weighted by Crippen LogP contribution is -2.14. The summed E-state index contributed by atoms with van der Waals surface area (Å²) in [5.74, 6) is -0.345. The van der Waals surface area contributed by atoms with Crippen molar-refractivity contribution in [1.29, 1.82) is 0 Å². The van der Waals surface area contributed by atoms with Crippen LogP contribution in [-0.4, -0.2) is 26.2 Å². The molecule has 0 aliphatic carbocycles. The van der Waals surface area contributed by atoms with Crippen LogP contribution in [0.4, 0.5) is 0 Å². The van der Waals surface area contributed by atoms with Crippen LogP contribution in [0.1, 0.15) is 31.8 Å². The van der Waals surface area contributed by atoms with Gasteiger partial charge in [-0.05, 0) is 36.4 Å². The Morgan fingerprint density at radius 3 is 1.47 bits per heavy atom. The van der Waals surface area contributed by atoms with Crippen LogP contribution >= 0.6 is 23.2 Å². The molecule has 0 fully saturated rings. The Hall–Kier alpha value is -3.22. The summed E-state index contributed by atoms with van der Waals surface area (Å²) in [6.45, 7) is -0.102. The van der Waals surface area contributed by atoms with E-state index in [0.717, 1.165) is 0 Å². The van der Waals surface area contributed by atoms with Crippen LogP contribution in [0, 0.1) is 0 Å². The lowest BCUT2D eigenvalue weighted by Gasteiger charge is -2.13. The number of hydrogen-bond donors (Lipinski definition) is 0. The standard InChI is InChI=1S/C24H20Cl2O6/c1-29-21-11-17(25)9-7-15(21)13-31-23(27)19-5-3-4-6-20(19)24(28)32-14-16-8-10-18(26)12-22(16)30-2/h3-12H,13-14H2,1-2H3. The summed E-state index contributed by atoms with van der Waals surface area (Å²) in [5.41, 5.74) is 1.46. The van der Waals surface area contributed by atoms with Gasteiger partial charge in [0.05, 0.1) is 25.3 Å². The van der Waals surface area contributed by atoms with E-state index in [1.165, 1.54) is 26.4 Å². The fraction of sp³-hybridized carbons (Fsp3) is 0.167. The van der Waals surface area contributed by atoms with E-state index in [9.17, 15) is 9.59 Å². The van der Waals surface area contributed by atoms with Crippen LogP contribution in [0.3, 0.4) is 0 Å². The van der Waals surface area contributed by atoms with Gasteiger partial charge in [0.15, 0.2) is 0 Å². The highest BCUT2D eigenvalue weighted by atomic mass is 35.5. The first-order valence-electron chi connectivity index (χ1n) is 9.51. The Kier molecular flexibility index (Phi) is 7.98. The maximum atomic E-state index is 12.7. The van der Waals surface area contributed by atoms with Gasteiger partial charge in [0.2, 0.25) is 0 Å². The smallest absolute Gasteiger partial charge is 0.339 e. The van der Waals surface area contributed by atoms with Crippen molar-refractivity contribution in [2.75, 3.05) is 14.2 Å². The van der Waals surface area contributed by atoms with Crippen LogP contribution in [0.25, 0.3) is 0 Å². The van der Waals surface area contributed by atoms with E-state index >= 15 is 0 Å². The number of methoxy groups -OCH3 is 2. The van der Waals surface area contributed by atoms with Crippen LogP contribution in [0.2, 0.25) is 10.0 Å². The number of benzene rings is 3. The van der Waals surface area contributed by atoms with Crippen molar-refractivity contribution in [2.45, 2.75) is 13.2 Å². The first kappa shape index (κ1) is 23.4. The van der Waals surface area contributed by atoms with Crippen molar-refractivity contribution in [3.05, 3.63) is 93.0 Å². The zero-order chi connectivity index (χ0) is 23.1. The summed E-state index contributed by atoms with van der Waals surface area (Å²) < 4.78 is 21.3. The Balaban J connectivity index is 1.71. The maximum Gasteiger partial charge on any atom is 0.339 e. The zero-order valence-corrected chi connectivity index (χ0v) is 18.9. The highest BCUT2D eigenvalue weighted by Gasteiger charge is 2.20. The predicted molar refractivity (Wildman–Crippen MR) is 121 cm³/mol. The summed E-state index contributed by atoms with van der Waals surface area (Å²) in [5, 5.41) is 1.00. The minimum absolute atomic E-state index is 0.0511. The van der Waals surface area contributed by atoms with Gasteiger partial charge < -0.3 is 18.9 Å². The van der Waals surface area contributed by atoms with Crippen LogP contribution in [-0.2, 0) is 22.7 Å². The molecule has 3 aromatic carbocycles. The second-order valence-corrected chi connectivity index (χ2v) is 7.48. The minimum atomic E-state index is -0.668. The van der Waals surface area contributed by atoms with Crippen molar-refractivity contribution in [2.24, 2.45) is 0 Å². The summed E-state index contributed by atoms with van der Waals surface area (Å²) in [6.07, 6.45) is 0. The Bertz CT molecular complexity index is 1040. The number of rotatable bonds is 8. The van der Waals surface area contributed by atoms with Gasteiger partial charge in [0.25, 0.3) is 0 Å². The highest BCUT2D eigenvalue weighted by Crippen LogP contribution is 2.26. The van der Waals surface area contributed by atoms with Crippen molar-refractivity contribution in [1.82, 2.24) is 0 Å². The fourth-order valence-corrected chi connectivity index (χ4v) is 3.28. The van der Waals surface area contributed by atoms with Crippen LogP contribution in [0.5, 0.6) is 11.5 Å². The molecule has 0 heterocycles. The van der Waals surface area contributed by atoms with Gasteiger partial charge in [0.1, 0.15) is 24.7 Å². The molecule has 3 rings (SSSR count). The average molecular weight is 475 g/mol. The van der Waals surface area contributed by atoms with Crippen molar-refractivity contribution in [3.8, 4) is 11.5 Å². The van der Waals surface area contributed by atoms with E-state index in [0.29, 0.717) is 32.7 Å². The van der Waals surface area contributed by atoms with Gasteiger partial charge in [-0.25, -0.2) is 9.59 Å². The maximum absolute atomic E-state index is 12.7. The van der Waals surface area contributed by atoms with E-state index in [2.05, 4.69) is 0 Å².